The van der Waals surface area contributed by atoms with Crippen molar-refractivity contribution in [3.8, 4) is 0 Å². The summed E-state index contributed by atoms with van der Waals surface area (Å²) in [5.41, 5.74) is 2.36. The van der Waals surface area contributed by atoms with Crippen molar-refractivity contribution in [1.82, 2.24) is 20.1 Å². The molecule has 0 bridgehead atoms. The molecule has 0 fully saturated rings. The average Bonchev–Trinajstić information content (AvgIpc) is 3.16. The van der Waals surface area contributed by atoms with E-state index in [1.54, 1.807) is 0 Å². The van der Waals surface area contributed by atoms with Crippen LogP contribution in [0.5, 0.6) is 0 Å². The van der Waals surface area contributed by atoms with Gasteiger partial charge in [-0.1, -0.05) is 18.2 Å². The lowest BCUT2D eigenvalue weighted by molar-refractivity contribution is -0.118. The molecule has 126 valence electrons. The Morgan fingerprint density at radius 2 is 2.21 bits per heavy atom. The van der Waals surface area contributed by atoms with E-state index in [9.17, 15) is 4.79 Å². The molecule has 1 amide bonds. The summed E-state index contributed by atoms with van der Waals surface area (Å²) < 4.78 is 2.00. The minimum Gasteiger partial charge on any atom is -0.312 e. The molecule has 3 heterocycles. The van der Waals surface area contributed by atoms with Gasteiger partial charge in [0.2, 0.25) is 5.91 Å². The molecular weight excluding hydrogens is 302 g/mol. The number of para-hydroxylation sites is 1. The van der Waals surface area contributed by atoms with Crippen LogP contribution in [0.15, 0.2) is 24.3 Å². The molecule has 0 unspecified atom stereocenters. The van der Waals surface area contributed by atoms with Crippen molar-refractivity contribution in [2.24, 2.45) is 0 Å². The molecule has 2 aliphatic heterocycles. The highest BCUT2D eigenvalue weighted by molar-refractivity contribution is 5.95. The lowest BCUT2D eigenvalue weighted by Crippen LogP contribution is -2.40. The predicted molar refractivity (Wildman–Crippen MR) is 92.0 cm³/mol. The first-order chi connectivity index (χ1) is 11.7. The zero-order valence-electron chi connectivity index (χ0n) is 14.0. The van der Waals surface area contributed by atoms with Crippen LogP contribution in [0.3, 0.4) is 0 Å². The number of hydrogen-bond donors (Lipinski definition) is 1. The number of aromatic nitrogens is 3. The van der Waals surface area contributed by atoms with Crippen LogP contribution in [-0.4, -0.2) is 39.8 Å². The van der Waals surface area contributed by atoms with Crippen molar-refractivity contribution in [1.29, 1.82) is 0 Å². The van der Waals surface area contributed by atoms with Gasteiger partial charge in [0.1, 0.15) is 11.6 Å². The second-order valence-corrected chi connectivity index (χ2v) is 6.62. The summed E-state index contributed by atoms with van der Waals surface area (Å²) in [6, 6.07) is 8.57. The highest BCUT2D eigenvalue weighted by Crippen LogP contribution is 2.27. The number of hydrogen-bond acceptors (Lipinski definition) is 4. The van der Waals surface area contributed by atoms with Crippen LogP contribution in [0.1, 0.15) is 30.1 Å². The van der Waals surface area contributed by atoms with E-state index in [0.29, 0.717) is 19.0 Å². The molecule has 0 saturated carbocycles. The van der Waals surface area contributed by atoms with Crippen molar-refractivity contribution >= 4 is 11.6 Å². The SMILES string of the molecule is Cc1nc2n(n1)C[C@H](NCCC(=O)N1CCc3ccccc31)CC2. The van der Waals surface area contributed by atoms with E-state index in [-0.39, 0.29) is 5.91 Å². The van der Waals surface area contributed by atoms with Crippen LogP contribution in [0, 0.1) is 6.92 Å². The Morgan fingerprint density at radius 3 is 3.12 bits per heavy atom. The van der Waals surface area contributed by atoms with Gasteiger partial charge >= 0.3 is 0 Å². The van der Waals surface area contributed by atoms with Crippen LogP contribution in [-0.2, 0) is 24.2 Å². The van der Waals surface area contributed by atoms with E-state index in [1.807, 2.05) is 34.7 Å². The summed E-state index contributed by atoms with van der Waals surface area (Å²) in [6.07, 6.45) is 3.51. The number of rotatable bonds is 4. The van der Waals surface area contributed by atoms with Gasteiger partial charge in [-0.15, -0.1) is 0 Å². The maximum absolute atomic E-state index is 12.5. The molecule has 1 N–H and O–H groups in total. The summed E-state index contributed by atoms with van der Waals surface area (Å²) in [5.74, 6) is 2.13. The first kappa shape index (κ1) is 15.3. The normalized spacial score (nSPS) is 19.2. The average molecular weight is 325 g/mol. The Balaban J connectivity index is 1.28. The van der Waals surface area contributed by atoms with Gasteiger partial charge in [0.05, 0.1) is 6.54 Å². The van der Waals surface area contributed by atoms with E-state index >= 15 is 0 Å². The molecule has 0 saturated heterocycles. The van der Waals surface area contributed by atoms with Gasteiger partial charge in [0.15, 0.2) is 0 Å². The van der Waals surface area contributed by atoms with Gasteiger partial charge in [-0.3, -0.25) is 4.79 Å². The predicted octanol–water partition coefficient (Wildman–Crippen LogP) is 1.47. The van der Waals surface area contributed by atoms with Gasteiger partial charge in [0, 0.05) is 37.7 Å². The summed E-state index contributed by atoms with van der Waals surface area (Å²) in [5, 5.41) is 7.94. The second kappa shape index (κ2) is 6.36. The van der Waals surface area contributed by atoms with Crippen LogP contribution in [0.2, 0.25) is 0 Å². The standard InChI is InChI=1S/C18H23N5O/c1-13-20-17-7-6-15(12-23(17)21-13)19-10-8-18(24)22-11-9-14-4-2-3-5-16(14)22/h2-5,15,19H,6-12H2,1H3/t15-/m1/s1. The fraction of sp³-hybridized carbons (Fsp3) is 0.500. The monoisotopic (exact) mass is 325 g/mol. The molecule has 2 aliphatic rings. The topological polar surface area (TPSA) is 63.1 Å². The highest BCUT2D eigenvalue weighted by atomic mass is 16.2. The summed E-state index contributed by atoms with van der Waals surface area (Å²) >= 11 is 0. The number of fused-ring (bicyclic) bond motifs is 2. The maximum atomic E-state index is 12.5. The number of carbonyl (C=O) groups excluding carboxylic acids is 1. The third-order valence-electron chi connectivity index (χ3n) is 4.92. The quantitative estimate of drug-likeness (QED) is 0.925. The summed E-state index contributed by atoms with van der Waals surface area (Å²) in [6.45, 7) is 4.30. The summed E-state index contributed by atoms with van der Waals surface area (Å²) in [7, 11) is 0. The highest BCUT2D eigenvalue weighted by Gasteiger charge is 2.24. The number of amides is 1. The lowest BCUT2D eigenvalue weighted by atomic mass is 10.1. The Morgan fingerprint density at radius 1 is 1.33 bits per heavy atom. The van der Waals surface area contributed by atoms with Crippen LogP contribution >= 0.6 is 0 Å². The van der Waals surface area contributed by atoms with Crippen LogP contribution < -0.4 is 10.2 Å². The molecule has 1 atom stereocenters. The van der Waals surface area contributed by atoms with Gasteiger partial charge in [-0.2, -0.15) is 5.10 Å². The fourth-order valence-electron chi connectivity index (χ4n) is 3.72. The fourth-order valence-corrected chi connectivity index (χ4v) is 3.72. The molecule has 0 aliphatic carbocycles. The molecule has 1 aromatic carbocycles. The van der Waals surface area contributed by atoms with Crippen LogP contribution in [0.4, 0.5) is 5.69 Å². The van der Waals surface area contributed by atoms with Gasteiger partial charge < -0.3 is 10.2 Å². The second-order valence-electron chi connectivity index (χ2n) is 6.62. The minimum absolute atomic E-state index is 0.209. The van der Waals surface area contributed by atoms with Crippen molar-refractivity contribution in [2.75, 3.05) is 18.0 Å². The van der Waals surface area contributed by atoms with Crippen molar-refractivity contribution < 1.29 is 4.79 Å². The third-order valence-corrected chi connectivity index (χ3v) is 4.92. The number of anilines is 1. The van der Waals surface area contributed by atoms with E-state index in [0.717, 1.165) is 49.7 Å². The van der Waals surface area contributed by atoms with E-state index in [4.69, 9.17) is 0 Å². The van der Waals surface area contributed by atoms with Crippen LogP contribution in [0.25, 0.3) is 0 Å². The molecule has 6 nitrogen and oxygen atoms in total. The molecule has 4 rings (SSSR count). The van der Waals surface area contributed by atoms with Gasteiger partial charge in [-0.05, 0) is 31.4 Å². The maximum Gasteiger partial charge on any atom is 0.228 e. The number of nitrogens with one attached hydrogen (secondary N) is 1. The zero-order chi connectivity index (χ0) is 16.5. The third kappa shape index (κ3) is 2.94. The van der Waals surface area contributed by atoms with Gasteiger partial charge in [0.25, 0.3) is 0 Å². The number of aryl methyl sites for hydroxylation is 2. The number of carbonyl (C=O) groups is 1. The smallest absolute Gasteiger partial charge is 0.228 e. The molecule has 6 heteroatoms. The summed E-state index contributed by atoms with van der Waals surface area (Å²) in [4.78, 5) is 18.9. The first-order valence-electron chi connectivity index (χ1n) is 8.72. The zero-order valence-corrected chi connectivity index (χ0v) is 14.0. The Bertz CT molecular complexity index is 754. The molecule has 0 radical (unpaired) electrons. The van der Waals surface area contributed by atoms with Crippen molar-refractivity contribution in [3.63, 3.8) is 0 Å². The molecule has 2 aromatic rings. The molecule has 0 spiro atoms. The number of benzene rings is 1. The van der Waals surface area contributed by atoms with E-state index < -0.39 is 0 Å². The van der Waals surface area contributed by atoms with Crippen molar-refractivity contribution in [3.05, 3.63) is 41.5 Å². The molecule has 24 heavy (non-hydrogen) atoms. The molecule has 1 aromatic heterocycles. The largest absolute Gasteiger partial charge is 0.312 e. The lowest BCUT2D eigenvalue weighted by Gasteiger charge is -2.24. The minimum atomic E-state index is 0.209. The molecular formula is C18H23N5O. The van der Waals surface area contributed by atoms with E-state index in [2.05, 4.69) is 21.5 Å². The van der Waals surface area contributed by atoms with Gasteiger partial charge in [-0.25, -0.2) is 9.67 Å². The number of nitrogens with zero attached hydrogens (tertiary/aromatic N) is 4. The van der Waals surface area contributed by atoms with Crippen molar-refractivity contribution in [2.45, 2.75) is 45.2 Å². The Labute approximate surface area is 141 Å². The Kier molecular flexibility index (Phi) is 4.06. The van der Waals surface area contributed by atoms with E-state index in [1.165, 1.54) is 5.56 Å². The first-order valence-corrected chi connectivity index (χ1v) is 8.72. The Hall–Kier alpha value is -2.21.